The molecule has 2 heterocycles. The molecule has 5 heteroatoms. The summed E-state index contributed by atoms with van der Waals surface area (Å²) in [6.07, 6.45) is 6.22. The molecule has 1 aliphatic rings. The number of likely N-dealkylation sites (tertiary alicyclic amines) is 1. The van der Waals surface area contributed by atoms with Gasteiger partial charge in [0, 0.05) is 25.5 Å². The number of nitrogens with zero attached hydrogens (tertiary/aromatic N) is 3. The Labute approximate surface area is 114 Å². The predicted octanol–water partition coefficient (Wildman–Crippen LogP) is 1.98. The molecule has 1 aromatic heterocycles. The van der Waals surface area contributed by atoms with Crippen molar-refractivity contribution < 1.29 is 9.90 Å². The Bertz CT molecular complexity index is 444. The molecule has 0 amide bonds. The lowest BCUT2D eigenvalue weighted by atomic mass is 9.83. The molecule has 1 aromatic rings. The molecule has 1 saturated heterocycles. The summed E-state index contributed by atoms with van der Waals surface area (Å²) in [7, 11) is 0. The van der Waals surface area contributed by atoms with Gasteiger partial charge in [-0.2, -0.15) is 0 Å². The average Bonchev–Trinajstić information content (AvgIpc) is 2.98. The van der Waals surface area contributed by atoms with Crippen molar-refractivity contribution in [2.45, 2.75) is 46.2 Å². The molecule has 0 spiro atoms. The number of carboxylic acid groups (broad SMARTS) is 1. The van der Waals surface area contributed by atoms with Gasteiger partial charge in [-0.25, -0.2) is 4.98 Å². The summed E-state index contributed by atoms with van der Waals surface area (Å²) < 4.78 is 2.11. The van der Waals surface area contributed by atoms with E-state index in [0.717, 1.165) is 44.7 Å². The van der Waals surface area contributed by atoms with E-state index in [1.165, 1.54) is 0 Å². The topological polar surface area (TPSA) is 58.4 Å². The molecular weight excluding hydrogens is 242 g/mol. The van der Waals surface area contributed by atoms with E-state index < -0.39 is 11.4 Å². The summed E-state index contributed by atoms with van der Waals surface area (Å²) in [6, 6.07) is 0. The lowest BCUT2D eigenvalue weighted by Gasteiger charge is -2.24. The van der Waals surface area contributed by atoms with Crippen LogP contribution in [0.5, 0.6) is 0 Å². The summed E-state index contributed by atoms with van der Waals surface area (Å²) in [6.45, 7) is 7.29. The lowest BCUT2D eigenvalue weighted by molar-refractivity contribution is -0.148. The van der Waals surface area contributed by atoms with E-state index in [-0.39, 0.29) is 0 Å². The number of hydrogen-bond acceptors (Lipinski definition) is 3. The lowest BCUT2D eigenvalue weighted by Crippen LogP contribution is -2.34. The maximum atomic E-state index is 11.5. The van der Waals surface area contributed by atoms with Gasteiger partial charge >= 0.3 is 5.97 Å². The highest BCUT2D eigenvalue weighted by atomic mass is 16.4. The van der Waals surface area contributed by atoms with Gasteiger partial charge in [0.15, 0.2) is 0 Å². The van der Waals surface area contributed by atoms with E-state index in [4.69, 9.17) is 0 Å². The molecule has 5 nitrogen and oxygen atoms in total. The number of aryl methyl sites for hydroxylation is 1. The Hall–Kier alpha value is -1.36. The fourth-order valence-corrected chi connectivity index (χ4v) is 3.04. The molecule has 1 aliphatic heterocycles. The zero-order valence-electron chi connectivity index (χ0n) is 11.8. The monoisotopic (exact) mass is 265 g/mol. The highest BCUT2D eigenvalue weighted by Gasteiger charge is 2.43. The minimum atomic E-state index is -0.643. The van der Waals surface area contributed by atoms with Crippen molar-refractivity contribution in [3.63, 3.8) is 0 Å². The largest absolute Gasteiger partial charge is 0.481 e. The minimum Gasteiger partial charge on any atom is -0.481 e. The SMILES string of the molecule is CCCC1(C(=O)O)CCN(Cc2nccn2CC)C1. The van der Waals surface area contributed by atoms with Crippen molar-refractivity contribution in [1.29, 1.82) is 0 Å². The molecule has 0 aromatic carbocycles. The number of rotatable bonds is 6. The van der Waals surface area contributed by atoms with Gasteiger partial charge in [-0.15, -0.1) is 0 Å². The van der Waals surface area contributed by atoms with Crippen LogP contribution in [0.1, 0.15) is 38.9 Å². The molecule has 1 N–H and O–H groups in total. The summed E-state index contributed by atoms with van der Waals surface area (Å²) >= 11 is 0. The average molecular weight is 265 g/mol. The van der Waals surface area contributed by atoms with Crippen molar-refractivity contribution in [1.82, 2.24) is 14.5 Å². The maximum absolute atomic E-state index is 11.5. The van der Waals surface area contributed by atoms with Crippen molar-refractivity contribution in [2.75, 3.05) is 13.1 Å². The third-order valence-corrected chi connectivity index (χ3v) is 4.12. The highest BCUT2D eigenvalue weighted by Crippen LogP contribution is 2.36. The molecule has 0 radical (unpaired) electrons. The van der Waals surface area contributed by atoms with E-state index in [0.29, 0.717) is 6.54 Å². The Morgan fingerprint density at radius 3 is 2.95 bits per heavy atom. The Kier molecular flexibility index (Phi) is 4.24. The number of carboxylic acids is 1. The minimum absolute atomic E-state index is 0.543. The van der Waals surface area contributed by atoms with E-state index >= 15 is 0 Å². The van der Waals surface area contributed by atoms with E-state index in [9.17, 15) is 9.90 Å². The van der Waals surface area contributed by atoms with Crippen LogP contribution in [0, 0.1) is 5.41 Å². The van der Waals surface area contributed by atoms with Gasteiger partial charge in [0.05, 0.1) is 12.0 Å². The van der Waals surface area contributed by atoms with E-state index in [1.54, 1.807) is 0 Å². The fraction of sp³-hybridized carbons (Fsp3) is 0.714. The van der Waals surface area contributed by atoms with Gasteiger partial charge < -0.3 is 9.67 Å². The summed E-state index contributed by atoms with van der Waals surface area (Å²) in [4.78, 5) is 18.1. The van der Waals surface area contributed by atoms with E-state index in [2.05, 4.69) is 28.3 Å². The van der Waals surface area contributed by atoms with Crippen LogP contribution in [-0.2, 0) is 17.9 Å². The molecule has 106 valence electrons. The number of aromatic nitrogens is 2. The van der Waals surface area contributed by atoms with Gasteiger partial charge in [0.2, 0.25) is 0 Å². The second-order valence-electron chi connectivity index (χ2n) is 5.43. The molecule has 0 aliphatic carbocycles. The van der Waals surface area contributed by atoms with Crippen LogP contribution in [0.15, 0.2) is 12.4 Å². The maximum Gasteiger partial charge on any atom is 0.310 e. The van der Waals surface area contributed by atoms with Crippen LogP contribution < -0.4 is 0 Å². The van der Waals surface area contributed by atoms with Gasteiger partial charge in [0.25, 0.3) is 0 Å². The number of imidazole rings is 1. The molecule has 0 saturated carbocycles. The smallest absolute Gasteiger partial charge is 0.310 e. The first-order valence-corrected chi connectivity index (χ1v) is 7.07. The Balaban J connectivity index is 2.03. The molecule has 2 rings (SSSR count). The Morgan fingerprint density at radius 1 is 1.53 bits per heavy atom. The second kappa shape index (κ2) is 5.74. The second-order valence-corrected chi connectivity index (χ2v) is 5.43. The number of hydrogen-bond donors (Lipinski definition) is 1. The molecule has 1 fully saturated rings. The molecule has 19 heavy (non-hydrogen) atoms. The van der Waals surface area contributed by atoms with Crippen LogP contribution in [0.3, 0.4) is 0 Å². The van der Waals surface area contributed by atoms with Gasteiger partial charge in [0.1, 0.15) is 5.82 Å². The van der Waals surface area contributed by atoms with Crippen LogP contribution in [0.25, 0.3) is 0 Å². The third kappa shape index (κ3) is 2.81. The van der Waals surface area contributed by atoms with Crippen LogP contribution >= 0.6 is 0 Å². The van der Waals surface area contributed by atoms with Crippen molar-refractivity contribution in [3.05, 3.63) is 18.2 Å². The highest BCUT2D eigenvalue weighted by molar-refractivity contribution is 5.75. The Morgan fingerprint density at radius 2 is 2.32 bits per heavy atom. The molecular formula is C14H23N3O2. The fourth-order valence-electron chi connectivity index (χ4n) is 3.04. The van der Waals surface area contributed by atoms with Crippen molar-refractivity contribution in [3.8, 4) is 0 Å². The quantitative estimate of drug-likeness (QED) is 0.854. The summed E-state index contributed by atoms with van der Waals surface area (Å²) in [5.74, 6) is 0.385. The number of carbonyl (C=O) groups is 1. The third-order valence-electron chi connectivity index (χ3n) is 4.12. The van der Waals surface area contributed by atoms with E-state index in [1.807, 2.05) is 12.4 Å². The van der Waals surface area contributed by atoms with Crippen LogP contribution in [-0.4, -0.2) is 38.6 Å². The first kappa shape index (κ1) is 14.1. The zero-order chi connectivity index (χ0) is 13.9. The normalized spacial score (nSPS) is 23.9. The predicted molar refractivity (Wildman–Crippen MR) is 72.8 cm³/mol. The number of aliphatic carboxylic acids is 1. The standard InChI is InChI=1S/C14H23N3O2/c1-3-5-14(13(18)19)6-8-16(11-14)10-12-15-7-9-17(12)4-2/h7,9H,3-6,8,10-11H2,1-2H3,(H,18,19). The van der Waals surface area contributed by atoms with Crippen molar-refractivity contribution >= 4 is 5.97 Å². The summed E-state index contributed by atoms with van der Waals surface area (Å²) in [5.41, 5.74) is -0.543. The first-order chi connectivity index (χ1) is 9.11. The van der Waals surface area contributed by atoms with Gasteiger partial charge in [-0.1, -0.05) is 13.3 Å². The molecule has 1 unspecified atom stereocenters. The summed E-state index contributed by atoms with van der Waals surface area (Å²) in [5, 5.41) is 9.49. The van der Waals surface area contributed by atoms with Gasteiger partial charge in [-0.05, 0) is 26.3 Å². The zero-order valence-corrected chi connectivity index (χ0v) is 11.8. The van der Waals surface area contributed by atoms with Gasteiger partial charge in [-0.3, -0.25) is 9.69 Å². The first-order valence-electron chi connectivity index (χ1n) is 7.07. The molecule has 1 atom stereocenters. The van der Waals surface area contributed by atoms with Crippen LogP contribution in [0.4, 0.5) is 0 Å². The molecule has 0 bridgehead atoms. The van der Waals surface area contributed by atoms with Crippen molar-refractivity contribution in [2.24, 2.45) is 5.41 Å². The van der Waals surface area contributed by atoms with Crippen LogP contribution in [0.2, 0.25) is 0 Å².